The van der Waals surface area contributed by atoms with E-state index in [4.69, 9.17) is 4.74 Å². The lowest BCUT2D eigenvalue weighted by Crippen LogP contribution is -2.49. The Kier molecular flexibility index (Phi) is 4.62. The Morgan fingerprint density at radius 3 is 2.87 bits per heavy atom. The lowest BCUT2D eigenvalue weighted by Gasteiger charge is -2.40. The van der Waals surface area contributed by atoms with Gasteiger partial charge in [-0.1, -0.05) is 18.2 Å². The predicted octanol–water partition coefficient (Wildman–Crippen LogP) is 1.41. The molecule has 0 bridgehead atoms. The van der Waals surface area contributed by atoms with Gasteiger partial charge in [0.1, 0.15) is 12.3 Å². The molecule has 1 unspecified atom stereocenters. The average molecular weight is 314 g/mol. The van der Waals surface area contributed by atoms with Crippen LogP contribution in [0, 0.1) is 0 Å². The lowest BCUT2D eigenvalue weighted by atomic mass is 10.0. The van der Waals surface area contributed by atoms with Crippen molar-refractivity contribution in [3.8, 4) is 5.75 Å². The fourth-order valence-corrected chi connectivity index (χ4v) is 3.01. The van der Waals surface area contributed by atoms with Crippen LogP contribution in [0.4, 0.5) is 0 Å². The molecular formula is C17H22N4O2. The molecule has 0 radical (unpaired) electrons. The maximum atomic E-state index is 12.5. The van der Waals surface area contributed by atoms with E-state index in [1.807, 2.05) is 35.4 Å². The molecule has 6 heteroatoms. The highest BCUT2D eigenvalue weighted by Crippen LogP contribution is 2.31. The van der Waals surface area contributed by atoms with E-state index in [0.29, 0.717) is 6.54 Å². The third kappa shape index (κ3) is 3.37. The highest BCUT2D eigenvalue weighted by molar-refractivity contribution is 5.76. The van der Waals surface area contributed by atoms with Gasteiger partial charge >= 0.3 is 0 Å². The van der Waals surface area contributed by atoms with Gasteiger partial charge in [0.2, 0.25) is 5.91 Å². The summed E-state index contributed by atoms with van der Waals surface area (Å²) in [6, 6.07) is 9.98. The molecule has 1 aliphatic rings. The number of rotatable bonds is 4. The molecular weight excluding hydrogens is 292 g/mol. The average Bonchev–Trinajstić information content (AvgIpc) is 3.08. The van der Waals surface area contributed by atoms with Crippen molar-refractivity contribution >= 4 is 5.91 Å². The number of hydrogen-bond donors (Lipinski definition) is 0. The standard InChI is InChI=1S/C17H22N4O2/c1-19-10-11-20(17(22)13-21-9-5-8-18-21)12-15(19)14-6-3-4-7-16(14)23-2/h3-9,15H,10-13H2,1-2H3. The zero-order chi connectivity index (χ0) is 16.2. The van der Waals surface area contributed by atoms with E-state index in [9.17, 15) is 4.79 Å². The molecule has 2 aromatic rings. The van der Waals surface area contributed by atoms with Crippen LogP contribution in [0.2, 0.25) is 0 Å². The molecule has 0 aliphatic carbocycles. The number of ether oxygens (including phenoxy) is 1. The monoisotopic (exact) mass is 314 g/mol. The van der Waals surface area contributed by atoms with Crippen LogP contribution >= 0.6 is 0 Å². The van der Waals surface area contributed by atoms with Gasteiger partial charge in [-0.2, -0.15) is 5.10 Å². The molecule has 0 spiro atoms. The Labute approximate surface area is 136 Å². The second-order valence-corrected chi connectivity index (χ2v) is 5.78. The van der Waals surface area contributed by atoms with Crippen molar-refractivity contribution in [2.24, 2.45) is 0 Å². The summed E-state index contributed by atoms with van der Waals surface area (Å²) in [5.41, 5.74) is 1.12. The van der Waals surface area contributed by atoms with Crippen molar-refractivity contribution < 1.29 is 9.53 Å². The molecule has 23 heavy (non-hydrogen) atoms. The third-order valence-corrected chi connectivity index (χ3v) is 4.36. The first-order chi connectivity index (χ1) is 11.2. The van der Waals surface area contributed by atoms with E-state index in [1.165, 1.54) is 0 Å². The summed E-state index contributed by atoms with van der Waals surface area (Å²) in [5, 5.41) is 4.11. The van der Waals surface area contributed by atoms with Crippen LogP contribution in [-0.2, 0) is 11.3 Å². The molecule has 0 N–H and O–H groups in total. The van der Waals surface area contributed by atoms with Gasteiger partial charge in [0.05, 0.1) is 13.2 Å². The number of aromatic nitrogens is 2. The van der Waals surface area contributed by atoms with Gasteiger partial charge in [0.25, 0.3) is 0 Å². The van der Waals surface area contributed by atoms with Gasteiger partial charge < -0.3 is 9.64 Å². The Balaban J connectivity index is 1.75. The Morgan fingerprint density at radius 2 is 2.13 bits per heavy atom. The van der Waals surface area contributed by atoms with Crippen molar-refractivity contribution in [2.75, 3.05) is 33.8 Å². The van der Waals surface area contributed by atoms with Crippen LogP contribution in [0.3, 0.4) is 0 Å². The summed E-state index contributed by atoms with van der Waals surface area (Å²) >= 11 is 0. The minimum atomic E-state index is 0.0988. The van der Waals surface area contributed by atoms with E-state index >= 15 is 0 Å². The SMILES string of the molecule is COc1ccccc1C1CN(C(=O)Cn2cccn2)CCN1C. The summed E-state index contributed by atoms with van der Waals surface area (Å²) in [5.74, 6) is 0.965. The molecule has 1 atom stereocenters. The molecule has 1 aromatic carbocycles. The number of para-hydroxylation sites is 1. The number of nitrogens with zero attached hydrogens (tertiary/aromatic N) is 4. The first kappa shape index (κ1) is 15.6. The molecule has 1 aromatic heterocycles. The zero-order valence-corrected chi connectivity index (χ0v) is 13.6. The van der Waals surface area contributed by atoms with Gasteiger partial charge in [0, 0.05) is 37.6 Å². The van der Waals surface area contributed by atoms with Crippen LogP contribution in [0.5, 0.6) is 5.75 Å². The van der Waals surface area contributed by atoms with Gasteiger partial charge in [-0.05, 0) is 19.2 Å². The molecule has 1 saturated heterocycles. The minimum absolute atomic E-state index is 0.0988. The first-order valence-electron chi connectivity index (χ1n) is 7.77. The summed E-state index contributed by atoms with van der Waals surface area (Å²) in [6.07, 6.45) is 3.50. The molecule has 3 rings (SSSR count). The maximum absolute atomic E-state index is 12.5. The summed E-state index contributed by atoms with van der Waals surface area (Å²) in [4.78, 5) is 16.7. The number of carbonyl (C=O) groups is 1. The number of benzene rings is 1. The largest absolute Gasteiger partial charge is 0.496 e. The fraction of sp³-hybridized carbons (Fsp3) is 0.412. The van der Waals surface area contributed by atoms with E-state index in [2.05, 4.69) is 23.1 Å². The topological polar surface area (TPSA) is 50.6 Å². The van der Waals surface area contributed by atoms with Crippen LogP contribution in [-0.4, -0.2) is 59.3 Å². The summed E-state index contributed by atoms with van der Waals surface area (Å²) in [7, 11) is 3.77. The van der Waals surface area contributed by atoms with Crippen LogP contribution in [0.1, 0.15) is 11.6 Å². The van der Waals surface area contributed by atoms with Gasteiger partial charge in [-0.25, -0.2) is 0 Å². The van der Waals surface area contributed by atoms with Crippen molar-refractivity contribution in [3.05, 3.63) is 48.3 Å². The van der Waals surface area contributed by atoms with E-state index in [0.717, 1.165) is 24.4 Å². The van der Waals surface area contributed by atoms with Gasteiger partial charge in [-0.15, -0.1) is 0 Å². The highest BCUT2D eigenvalue weighted by Gasteiger charge is 2.30. The molecule has 6 nitrogen and oxygen atoms in total. The second kappa shape index (κ2) is 6.83. The quantitative estimate of drug-likeness (QED) is 0.856. The van der Waals surface area contributed by atoms with Crippen LogP contribution < -0.4 is 4.74 Å². The molecule has 122 valence electrons. The van der Waals surface area contributed by atoms with Crippen LogP contribution in [0.15, 0.2) is 42.7 Å². The number of likely N-dealkylation sites (N-methyl/N-ethyl adjacent to an activating group) is 1. The molecule has 1 fully saturated rings. The van der Waals surface area contributed by atoms with E-state index in [-0.39, 0.29) is 18.5 Å². The highest BCUT2D eigenvalue weighted by atomic mass is 16.5. The van der Waals surface area contributed by atoms with E-state index < -0.39 is 0 Å². The molecule has 1 aliphatic heterocycles. The summed E-state index contributed by atoms with van der Waals surface area (Å²) < 4.78 is 7.15. The second-order valence-electron chi connectivity index (χ2n) is 5.78. The van der Waals surface area contributed by atoms with Gasteiger partial charge in [-0.3, -0.25) is 14.4 Å². The normalized spacial score (nSPS) is 18.9. The zero-order valence-electron chi connectivity index (χ0n) is 13.6. The Hall–Kier alpha value is -2.34. The molecule has 2 heterocycles. The number of methoxy groups -OCH3 is 1. The Bertz CT molecular complexity index is 656. The number of hydrogen-bond acceptors (Lipinski definition) is 4. The van der Waals surface area contributed by atoms with Crippen molar-refractivity contribution in [1.82, 2.24) is 19.6 Å². The number of piperazine rings is 1. The number of carbonyl (C=O) groups excluding carboxylic acids is 1. The van der Waals surface area contributed by atoms with Crippen molar-refractivity contribution in [3.63, 3.8) is 0 Å². The third-order valence-electron chi connectivity index (χ3n) is 4.36. The van der Waals surface area contributed by atoms with Crippen LogP contribution in [0.25, 0.3) is 0 Å². The fourth-order valence-electron chi connectivity index (χ4n) is 3.01. The summed E-state index contributed by atoms with van der Waals surface area (Å²) in [6.45, 7) is 2.53. The molecule has 1 amide bonds. The molecule has 0 saturated carbocycles. The number of amides is 1. The first-order valence-corrected chi connectivity index (χ1v) is 7.77. The van der Waals surface area contributed by atoms with E-state index in [1.54, 1.807) is 18.0 Å². The van der Waals surface area contributed by atoms with Gasteiger partial charge in [0.15, 0.2) is 0 Å². The lowest BCUT2D eigenvalue weighted by molar-refractivity contribution is -0.134. The Morgan fingerprint density at radius 1 is 1.30 bits per heavy atom. The smallest absolute Gasteiger partial charge is 0.244 e. The minimum Gasteiger partial charge on any atom is -0.496 e. The van der Waals surface area contributed by atoms with Crippen molar-refractivity contribution in [2.45, 2.75) is 12.6 Å². The van der Waals surface area contributed by atoms with Crippen molar-refractivity contribution in [1.29, 1.82) is 0 Å². The maximum Gasteiger partial charge on any atom is 0.244 e. The predicted molar refractivity (Wildman–Crippen MR) is 87.2 cm³/mol.